The van der Waals surface area contributed by atoms with Gasteiger partial charge in [0.05, 0.1) is 7.11 Å². The van der Waals surface area contributed by atoms with Crippen molar-refractivity contribution in [1.29, 1.82) is 0 Å². The molecule has 1 aromatic carbocycles. The Morgan fingerprint density at radius 2 is 1.95 bits per heavy atom. The molecule has 1 aliphatic carbocycles. The van der Waals surface area contributed by atoms with Crippen LogP contribution in [0.4, 0.5) is 11.6 Å². The predicted octanol–water partition coefficient (Wildman–Crippen LogP) is 2.80. The largest absolute Gasteiger partial charge is 0.497 e. The van der Waals surface area contributed by atoms with E-state index in [1.54, 1.807) is 7.11 Å². The zero-order valence-corrected chi connectivity index (χ0v) is 13.3. The van der Waals surface area contributed by atoms with Gasteiger partial charge in [0.15, 0.2) is 0 Å². The fourth-order valence-electron chi connectivity index (χ4n) is 2.96. The molecule has 22 heavy (non-hydrogen) atoms. The van der Waals surface area contributed by atoms with Crippen molar-refractivity contribution >= 4 is 11.6 Å². The van der Waals surface area contributed by atoms with Crippen molar-refractivity contribution in [2.75, 3.05) is 24.8 Å². The van der Waals surface area contributed by atoms with E-state index in [0.717, 1.165) is 42.5 Å². The number of fused-ring (bicyclic) bond motifs is 1. The van der Waals surface area contributed by atoms with Crippen molar-refractivity contribution in [2.45, 2.75) is 32.2 Å². The molecule has 0 bridgehead atoms. The summed E-state index contributed by atoms with van der Waals surface area (Å²) >= 11 is 0. The maximum atomic E-state index is 5.33. The third-order valence-electron chi connectivity index (χ3n) is 4.09. The lowest BCUT2D eigenvalue weighted by Gasteiger charge is -2.26. The molecule has 5 nitrogen and oxygen atoms in total. The Bertz CT molecular complexity index is 672. The number of rotatable bonds is 4. The second-order valence-electron chi connectivity index (χ2n) is 5.65. The first-order chi connectivity index (χ1) is 10.7. The number of hydrogen-bond donors (Lipinski definition) is 2. The molecule has 1 heterocycles. The minimum absolute atomic E-state index is 0.388. The minimum Gasteiger partial charge on any atom is -0.497 e. The molecule has 0 amide bonds. The lowest BCUT2D eigenvalue weighted by Crippen LogP contribution is -2.28. The summed E-state index contributed by atoms with van der Waals surface area (Å²) in [6.07, 6.45) is 3.18. The highest BCUT2D eigenvalue weighted by Gasteiger charge is 2.19. The van der Waals surface area contributed by atoms with E-state index in [9.17, 15) is 0 Å². The molecule has 2 N–H and O–H groups in total. The highest BCUT2D eigenvalue weighted by Crippen LogP contribution is 2.27. The lowest BCUT2D eigenvalue weighted by atomic mass is 9.88. The summed E-state index contributed by atoms with van der Waals surface area (Å²) in [5.41, 5.74) is 2.79. The van der Waals surface area contributed by atoms with E-state index in [0.29, 0.717) is 6.04 Å². The van der Waals surface area contributed by atoms with Gasteiger partial charge in [-0.05, 0) is 49.4 Å². The van der Waals surface area contributed by atoms with Gasteiger partial charge in [-0.25, -0.2) is 9.97 Å². The minimum atomic E-state index is 0.388. The summed E-state index contributed by atoms with van der Waals surface area (Å²) in [7, 11) is 3.58. The number of aryl methyl sites for hydroxylation is 2. The SMILES string of the molecule is CNc1cc(NC2CCc3ccc(OC)cc3C2)nc(C)n1. The summed E-state index contributed by atoms with van der Waals surface area (Å²) < 4.78 is 5.33. The zero-order chi connectivity index (χ0) is 15.5. The normalized spacial score (nSPS) is 16.8. The van der Waals surface area contributed by atoms with Crippen LogP contribution in [0.5, 0.6) is 5.75 Å². The fourth-order valence-corrected chi connectivity index (χ4v) is 2.96. The van der Waals surface area contributed by atoms with Gasteiger partial charge in [-0.15, -0.1) is 0 Å². The van der Waals surface area contributed by atoms with Crippen molar-refractivity contribution in [2.24, 2.45) is 0 Å². The number of nitrogens with one attached hydrogen (secondary N) is 2. The van der Waals surface area contributed by atoms with Gasteiger partial charge in [-0.3, -0.25) is 0 Å². The van der Waals surface area contributed by atoms with Crippen LogP contribution < -0.4 is 15.4 Å². The first-order valence-electron chi connectivity index (χ1n) is 7.63. The van der Waals surface area contributed by atoms with E-state index >= 15 is 0 Å². The Morgan fingerprint density at radius 1 is 1.14 bits per heavy atom. The van der Waals surface area contributed by atoms with Crippen molar-refractivity contribution in [1.82, 2.24) is 9.97 Å². The number of methoxy groups -OCH3 is 1. The van der Waals surface area contributed by atoms with Crippen LogP contribution in [0.1, 0.15) is 23.4 Å². The van der Waals surface area contributed by atoms with Crippen LogP contribution in [-0.4, -0.2) is 30.2 Å². The quantitative estimate of drug-likeness (QED) is 0.909. The number of anilines is 2. The molecule has 1 atom stereocenters. The molecule has 0 aliphatic heterocycles. The number of ether oxygens (including phenoxy) is 1. The van der Waals surface area contributed by atoms with Crippen LogP contribution >= 0.6 is 0 Å². The molecule has 2 aromatic rings. The van der Waals surface area contributed by atoms with Crippen LogP contribution in [0, 0.1) is 6.92 Å². The van der Waals surface area contributed by atoms with Crippen molar-refractivity contribution in [3.8, 4) is 5.75 Å². The first-order valence-corrected chi connectivity index (χ1v) is 7.63. The van der Waals surface area contributed by atoms with Crippen LogP contribution in [-0.2, 0) is 12.8 Å². The summed E-state index contributed by atoms with van der Waals surface area (Å²) in [6, 6.07) is 8.71. The molecule has 0 radical (unpaired) electrons. The van der Waals surface area contributed by atoms with Gasteiger partial charge in [0.25, 0.3) is 0 Å². The highest BCUT2D eigenvalue weighted by atomic mass is 16.5. The first kappa shape index (κ1) is 14.6. The van der Waals surface area contributed by atoms with Crippen LogP contribution in [0.15, 0.2) is 24.3 Å². The third-order valence-corrected chi connectivity index (χ3v) is 4.09. The van der Waals surface area contributed by atoms with Crippen molar-refractivity contribution < 1.29 is 4.74 Å². The Morgan fingerprint density at radius 3 is 2.73 bits per heavy atom. The van der Waals surface area contributed by atoms with E-state index in [-0.39, 0.29) is 0 Å². The van der Waals surface area contributed by atoms with E-state index in [2.05, 4.69) is 32.7 Å². The summed E-state index contributed by atoms with van der Waals surface area (Å²) in [6.45, 7) is 1.91. The molecule has 0 fully saturated rings. The predicted molar refractivity (Wildman–Crippen MR) is 88.7 cm³/mol. The van der Waals surface area contributed by atoms with Gasteiger partial charge < -0.3 is 15.4 Å². The van der Waals surface area contributed by atoms with Crippen molar-refractivity contribution in [3.05, 3.63) is 41.2 Å². The molecule has 116 valence electrons. The Labute approximate surface area is 131 Å². The summed E-state index contributed by atoms with van der Waals surface area (Å²) in [4.78, 5) is 8.80. The van der Waals surface area contributed by atoms with Gasteiger partial charge in [-0.2, -0.15) is 0 Å². The number of benzene rings is 1. The van der Waals surface area contributed by atoms with Crippen LogP contribution in [0.2, 0.25) is 0 Å². The van der Waals surface area contributed by atoms with E-state index in [1.807, 2.05) is 26.1 Å². The van der Waals surface area contributed by atoms with Crippen LogP contribution in [0.3, 0.4) is 0 Å². The molecule has 0 saturated heterocycles. The number of nitrogens with zero attached hydrogens (tertiary/aromatic N) is 2. The topological polar surface area (TPSA) is 59.1 Å². The zero-order valence-electron chi connectivity index (χ0n) is 13.3. The number of hydrogen-bond acceptors (Lipinski definition) is 5. The van der Waals surface area contributed by atoms with Gasteiger partial charge in [0, 0.05) is 19.2 Å². The van der Waals surface area contributed by atoms with Gasteiger partial charge >= 0.3 is 0 Å². The summed E-state index contributed by atoms with van der Waals surface area (Å²) in [5.74, 6) is 3.42. The standard InChI is InChI=1S/C17H22N4O/c1-11-19-16(18-2)10-17(20-11)21-14-6-4-12-5-7-15(22-3)9-13(12)8-14/h5,7,9-10,14H,4,6,8H2,1-3H3,(H2,18,19,20,21). The average molecular weight is 298 g/mol. The van der Waals surface area contributed by atoms with Gasteiger partial charge in [-0.1, -0.05) is 6.07 Å². The van der Waals surface area contributed by atoms with Gasteiger partial charge in [0.2, 0.25) is 0 Å². The molecular weight excluding hydrogens is 276 g/mol. The van der Waals surface area contributed by atoms with E-state index in [1.165, 1.54) is 11.1 Å². The monoisotopic (exact) mass is 298 g/mol. The molecule has 0 spiro atoms. The molecule has 1 aromatic heterocycles. The summed E-state index contributed by atoms with van der Waals surface area (Å²) in [5, 5.41) is 6.61. The average Bonchev–Trinajstić information content (AvgIpc) is 2.53. The maximum absolute atomic E-state index is 5.33. The second-order valence-corrected chi connectivity index (χ2v) is 5.65. The molecule has 1 aliphatic rings. The van der Waals surface area contributed by atoms with Gasteiger partial charge in [0.1, 0.15) is 23.2 Å². The smallest absolute Gasteiger partial charge is 0.132 e. The molecular formula is C17H22N4O. The van der Waals surface area contributed by atoms with Crippen molar-refractivity contribution in [3.63, 3.8) is 0 Å². The highest BCUT2D eigenvalue weighted by molar-refractivity contribution is 5.48. The van der Waals surface area contributed by atoms with E-state index < -0.39 is 0 Å². The molecule has 3 rings (SSSR count). The Hall–Kier alpha value is -2.30. The van der Waals surface area contributed by atoms with Crippen LogP contribution in [0.25, 0.3) is 0 Å². The molecule has 1 unspecified atom stereocenters. The number of aromatic nitrogens is 2. The molecule has 5 heteroatoms. The Balaban J connectivity index is 1.76. The maximum Gasteiger partial charge on any atom is 0.132 e. The second kappa shape index (κ2) is 6.22. The lowest BCUT2D eigenvalue weighted by molar-refractivity contribution is 0.413. The third kappa shape index (κ3) is 3.13. The van der Waals surface area contributed by atoms with E-state index in [4.69, 9.17) is 4.74 Å². The molecule has 0 saturated carbocycles. The Kier molecular flexibility index (Phi) is 4.13. The fraction of sp³-hybridized carbons (Fsp3) is 0.412.